The number of rotatable bonds is 5. The molecule has 1 saturated heterocycles. The highest BCUT2D eigenvalue weighted by Crippen LogP contribution is 2.35. The molecule has 0 unspecified atom stereocenters. The molecular weight excluding hydrogens is 441 g/mol. The summed E-state index contributed by atoms with van der Waals surface area (Å²) in [5, 5.41) is 21.0. The zero-order chi connectivity index (χ0) is 23.4. The molecule has 10 nitrogen and oxygen atoms in total. The topological polar surface area (TPSA) is 119 Å². The molecule has 11 heteroatoms. The van der Waals surface area contributed by atoms with E-state index in [4.69, 9.17) is 9.72 Å². The molecule has 3 N–H and O–H groups in total. The molecule has 5 heterocycles. The number of carbonyl (C=O) groups is 1. The van der Waals surface area contributed by atoms with E-state index < -0.39 is 18.3 Å². The fourth-order valence-corrected chi connectivity index (χ4v) is 4.65. The van der Waals surface area contributed by atoms with E-state index in [0.717, 1.165) is 17.4 Å². The molecule has 1 aliphatic carbocycles. The number of hydrogen-bond acceptors (Lipinski definition) is 7. The zero-order valence-corrected chi connectivity index (χ0v) is 18.5. The highest BCUT2D eigenvalue weighted by molar-refractivity contribution is 6.01. The van der Waals surface area contributed by atoms with Crippen LogP contribution in [0, 0.1) is 0 Å². The molecule has 1 aliphatic heterocycles. The molecule has 34 heavy (non-hydrogen) atoms. The monoisotopic (exact) mass is 465 g/mol. The molecule has 1 amide bonds. The number of hydrogen-bond donors (Lipinski definition) is 3. The Balaban J connectivity index is 1.48. The second kappa shape index (κ2) is 8.03. The van der Waals surface area contributed by atoms with Gasteiger partial charge in [-0.3, -0.25) is 4.79 Å². The summed E-state index contributed by atoms with van der Waals surface area (Å²) in [5.74, 6) is 0.304. The first-order valence-corrected chi connectivity index (χ1v) is 11.3. The van der Waals surface area contributed by atoms with Crippen molar-refractivity contribution in [3.63, 3.8) is 0 Å². The highest BCUT2D eigenvalue weighted by Gasteiger charge is 2.33. The summed E-state index contributed by atoms with van der Waals surface area (Å²) in [4.78, 5) is 22.2. The van der Waals surface area contributed by atoms with E-state index in [1.165, 1.54) is 6.20 Å². The van der Waals surface area contributed by atoms with Gasteiger partial charge in [0.1, 0.15) is 23.2 Å². The number of nitrogens with zero attached hydrogens (tertiary/aromatic N) is 5. The lowest BCUT2D eigenvalue weighted by Crippen LogP contribution is -2.50. The van der Waals surface area contributed by atoms with E-state index in [0.29, 0.717) is 34.8 Å². The molecule has 0 bridgehead atoms. The van der Waals surface area contributed by atoms with Crippen molar-refractivity contribution in [2.75, 3.05) is 25.6 Å². The van der Waals surface area contributed by atoms with Gasteiger partial charge in [0, 0.05) is 36.5 Å². The van der Waals surface area contributed by atoms with E-state index in [1.54, 1.807) is 17.8 Å². The summed E-state index contributed by atoms with van der Waals surface area (Å²) in [7, 11) is 1.76. The minimum atomic E-state index is -1.12. The third-order valence-electron chi connectivity index (χ3n) is 6.73. The summed E-state index contributed by atoms with van der Waals surface area (Å²) >= 11 is 0. The normalized spacial score (nSPS) is 24.4. The van der Waals surface area contributed by atoms with Gasteiger partial charge in [0.05, 0.1) is 43.3 Å². The van der Waals surface area contributed by atoms with E-state index in [-0.39, 0.29) is 25.2 Å². The van der Waals surface area contributed by atoms with Gasteiger partial charge in [0.25, 0.3) is 5.91 Å². The number of aromatic nitrogens is 5. The Morgan fingerprint density at radius 1 is 1.29 bits per heavy atom. The maximum absolute atomic E-state index is 14.5. The molecule has 4 aromatic heterocycles. The first-order chi connectivity index (χ1) is 16.5. The third-order valence-corrected chi connectivity index (χ3v) is 6.73. The Morgan fingerprint density at radius 2 is 2.18 bits per heavy atom. The number of carbonyl (C=O) groups excluding carboxylic acids is 1. The summed E-state index contributed by atoms with van der Waals surface area (Å²) in [6, 6.07) is 4.85. The molecule has 2 aliphatic rings. The molecule has 176 valence electrons. The number of ether oxygens (including phenoxy) is 1. The van der Waals surface area contributed by atoms with Crippen molar-refractivity contribution >= 4 is 28.4 Å². The van der Waals surface area contributed by atoms with Gasteiger partial charge in [0.2, 0.25) is 0 Å². The SMILES string of the molecule is CNc1cc(-c2cn([C@@H]3COC[C@@H]3F)c3ncccc23)nc2c(C(=O)N[C@@H]3CC[C@@H]3O)cnn12. The van der Waals surface area contributed by atoms with Gasteiger partial charge in [-0.15, -0.1) is 0 Å². The van der Waals surface area contributed by atoms with Gasteiger partial charge >= 0.3 is 0 Å². The second-order valence-corrected chi connectivity index (χ2v) is 8.74. The Bertz CT molecular complexity index is 1400. The van der Waals surface area contributed by atoms with Gasteiger partial charge in [-0.1, -0.05) is 0 Å². The van der Waals surface area contributed by atoms with E-state index in [9.17, 15) is 14.3 Å². The highest BCUT2D eigenvalue weighted by atomic mass is 19.1. The third kappa shape index (κ3) is 3.23. The number of pyridine rings is 1. The van der Waals surface area contributed by atoms with Crippen molar-refractivity contribution in [1.82, 2.24) is 29.5 Å². The fraction of sp³-hybridized carbons (Fsp3) is 0.391. The van der Waals surface area contributed by atoms with Crippen LogP contribution in [0.3, 0.4) is 0 Å². The van der Waals surface area contributed by atoms with Gasteiger partial charge in [-0.25, -0.2) is 14.4 Å². The van der Waals surface area contributed by atoms with Crippen LogP contribution in [0.15, 0.2) is 36.8 Å². The van der Waals surface area contributed by atoms with Crippen LogP contribution in [0.1, 0.15) is 29.2 Å². The zero-order valence-electron chi connectivity index (χ0n) is 18.5. The number of anilines is 1. The molecule has 4 aromatic rings. The predicted octanol–water partition coefficient (Wildman–Crippen LogP) is 1.95. The molecule has 0 spiro atoms. The summed E-state index contributed by atoms with van der Waals surface area (Å²) in [5.41, 5.74) is 2.70. The number of nitrogens with one attached hydrogen (secondary N) is 2. The van der Waals surface area contributed by atoms with Crippen LogP contribution < -0.4 is 10.6 Å². The van der Waals surface area contributed by atoms with Gasteiger partial charge in [-0.2, -0.15) is 9.61 Å². The van der Waals surface area contributed by atoms with Crippen LogP contribution >= 0.6 is 0 Å². The minimum absolute atomic E-state index is 0.0601. The number of halogens is 1. The van der Waals surface area contributed by atoms with Crippen molar-refractivity contribution in [3.8, 4) is 11.3 Å². The van der Waals surface area contributed by atoms with Gasteiger partial charge < -0.3 is 25.0 Å². The van der Waals surface area contributed by atoms with Crippen LogP contribution in [0.2, 0.25) is 0 Å². The number of amides is 1. The van der Waals surface area contributed by atoms with Crippen LogP contribution in [0.5, 0.6) is 0 Å². The van der Waals surface area contributed by atoms with Crippen molar-refractivity contribution in [3.05, 3.63) is 42.4 Å². The lowest BCUT2D eigenvalue weighted by molar-refractivity contribution is 0.0448. The molecule has 2 fully saturated rings. The molecule has 0 radical (unpaired) electrons. The van der Waals surface area contributed by atoms with Crippen LogP contribution in [-0.4, -0.2) is 73.7 Å². The number of alkyl halides is 1. The second-order valence-electron chi connectivity index (χ2n) is 8.74. The maximum Gasteiger partial charge on any atom is 0.257 e. The number of aliphatic hydroxyl groups is 1. The number of fused-ring (bicyclic) bond motifs is 2. The molecule has 6 rings (SSSR count). The van der Waals surface area contributed by atoms with Crippen LogP contribution in [0.4, 0.5) is 10.2 Å². The maximum atomic E-state index is 14.5. The Hall–Kier alpha value is -3.57. The standard InChI is InChI=1S/C23H24FN7O3/c1-25-20-7-17(28-22-13(8-27-31(20)22)23(33)29-16-4-5-19(16)32)14-9-30(18-11-34-10-15(18)24)21-12(14)3-2-6-26-21/h2-3,6-9,15-16,18-19,25,32H,4-5,10-11H2,1H3,(H,29,33)/t15-,16+,18+,19-/m0/s1. The summed E-state index contributed by atoms with van der Waals surface area (Å²) < 4.78 is 23.3. The molecule has 4 atom stereocenters. The average molecular weight is 465 g/mol. The summed E-state index contributed by atoms with van der Waals surface area (Å²) in [6.45, 7) is 0.333. The number of aliphatic hydroxyl groups excluding tert-OH is 1. The quantitative estimate of drug-likeness (QED) is 0.412. The van der Waals surface area contributed by atoms with E-state index >= 15 is 0 Å². The van der Waals surface area contributed by atoms with Gasteiger partial charge in [-0.05, 0) is 25.0 Å². The Morgan fingerprint density at radius 3 is 2.88 bits per heavy atom. The lowest BCUT2D eigenvalue weighted by atomic mass is 9.89. The molecule has 1 saturated carbocycles. The summed E-state index contributed by atoms with van der Waals surface area (Å²) in [6.07, 6.45) is 4.76. The Labute approximate surface area is 193 Å². The molecule has 0 aromatic carbocycles. The van der Waals surface area contributed by atoms with E-state index in [1.807, 2.05) is 29.0 Å². The first kappa shape index (κ1) is 21.0. The Kier molecular flexibility index (Phi) is 4.96. The van der Waals surface area contributed by atoms with Crippen molar-refractivity contribution in [1.29, 1.82) is 0 Å². The average Bonchev–Trinajstić information content (AvgIpc) is 3.57. The minimum Gasteiger partial charge on any atom is -0.391 e. The van der Waals surface area contributed by atoms with E-state index in [2.05, 4.69) is 20.7 Å². The smallest absolute Gasteiger partial charge is 0.257 e. The van der Waals surface area contributed by atoms with Gasteiger partial charge in [0.15, 0.2) is 5.65 Å². The fourth-order valence-electron chi connectivity index (χ4n) is 4.65. The van der Waals surface area contributed by atoms with Crippen molar-refractivity contribution in [2.45, 2.75) is 37.2 Å². The van der Waals surface area contributed by atoms with Crippen LogP contribution in [-0.2, 0) is 4.74 Å². The van der Waals surface area contributed by atoms with Crippen molar-refractivity contribution < 1.29 is 19.0 Å². The van der Waals surface area contributed by atoms with Crippen molar-refractivity contribution in [2.24, 2.45) is 0 Å². The first-order valence-electron chi connectivity index (χ1n) is 11.3. The predicted molar refractivity (Wildman–Crippen MR) is 123 cm³/mol. The lowest BCUT2D eigenvalue weighted by Gasteiger charge is -2.32. The van der Waals surface area contributed by atoms with Crippen LogP contribution in [0.25, 0.3) is 27.9 Å². The largest absolute Gasteiger partial charge is 0.391 e. The molecular formula is C23H24FN7O3.